The summed E-state index contributed by atoms with van der Waals surface area (Å²) in [6.07, 6.45) is -4.61. The number of hydrogen-bond acceptors (Lipinski definition) is 2. The summed E-state index contributed by atoms with van der Waals surface area (Å²) < 4.78 is 55.0. The highest BCUT2D eigenvalue weighted by Crippen LogP contribution is 2.60. The molecule has 1 aromatic rings. The second-order valence-electron chi connectivity index (χ2n) is 6.18. The standard InChI is InChI=1S/C16H14Cl2F4O2/c1-15(2)10(6-12(19)16(20,21)22)13(15)14(23)24-7-8-5-9(17)3-4-11(8)18/h3-6,10,13H,7H2,1-2H3/b12-6-/t10-,13+/m0/s1. The quantitative estimate of drug-likeness (QED) is 0.489. The molecule has 1 aliphatic carbocycles. The molecule has 0 spiro atoms. The van der Waals surface area contributed by atoms with Crippen LogP contribution in [0.15, 0.2) is 30.1 Å². The minimum absolute atomic E-state index is 0.164. The summed E-state index contributed by atoms with van der Waals surface area (Å²) >= 11 is 11.8. The Labute approximate surface area is 146 Å². The molecule has 24 heavy (non-hydrogen) atoms. The third kappa shape index (κ3) is 4.03. The van der Waals surface area contributed by atoms with Crippen molar-refractivity contribution in [1.29, 1.82) is 0 Å². The van der Waals surface area contributed by atoms with Crippen molar-refractivity contribution in [2.24, 2.45) is 17.3 Å². The molecule has 1 aliphatic rings. The van der Waals surface area contributed by atoms with Crippen molar-refractivity contribution in [3.8, 4) is 0 Å². The van der Waals surface area contributed by atoms with Crippen molar-refractivity contribution < 1.29 is 27.1 Å². The van der Waals surface area contributed by atoms with Crippen LogP contribution in [-0.4, -0.2) is 12.1 Å². The van der Waals surface area contributed by atoms with E-state index in [0.717, 1.165) is 0 Å². The molecular formula is C16H14Cl2F4O2. The summed E-state index contributed by atoms with van der Waals surface area (Å²) in [6.45, 7) is 3.00. The summed E-state index contributed by atoms with van der Waals surface area (Å²) in [5, 5.41) is 0.757. The van der Waals surface area contributed by atoms with Crippen LogP contribution < -0.4 is 0 Å². The van der Waals surface area contributed by atoms with Gasteiger partial charge in [-0.3, -0.25) is 4.79 Å². The molecule has 0 aromatic heterocycles. The van der Waals surface area contributed by atoms with E-state index in [4.69, 9.17) is 27.9 Å². The van der Waals surface area contributed by atoms with Gasteiger partial charge in [0, 0.05) is 15.6 Å². The minimum Gasteiger partial charge on any atom is -0.461 e. The van der Waals surface area contributed by atoms with Gasteiger partial charge in [0.25, 0.3) is 0 Å². The van der Waals surface area contributed by atoms with Gasteiger partial charge < -0.3 is 4.74 Å². The van der Waals surface area contributed by atoms with Crippen LogP contribution >= 0.6 is 23.2 Å². The molecule has 132 valence electrons. The first-order chi connectivity index (χ1) is 10.9. The van der Waals surface area contributed by atoms with E-state index in [1.54, 1.807) is 26.0 Å². The van der Waals surface area contributed by atoms with Crippen LogP contribution in [0.3, 0.4) is 0 Å². The average Bonchev–Trinajstić information content (AvgIpc) is 2.99. The molecule has 0 heterocycles. The highest BCUT2D eigenvalue weighted by Gasteiger charge is 2.62. The number of carbonyl (C=O) groups is 1. The Morgan fingerprint density at radius 3 is 2.54 bits per heavy atom. The third-order valence-corrected chi connectivity index (χ3v) is 4.74. The smallest absolute Gasteiger partial charge is 0.442 e. The second-order valence-corrected chi connectivity index (χ2v) is 7.02. The lowest BCUT2D eigenvalue weighted by Crippen LogP contribution is -2.11. The molecule has 0 saturated heterocycles. The van der Waals surface area contributed by atoms with E-state index in [9.17, 15) is 22.4 Å². The van der Waals surface area contributed by atoms with Gasteiger partial charge in [-0.25, -0.2) is 4.39 Å². The molecule has 0 bridgehead atoms. The van der Waals surface area contributed by atoms with E-state index >= 15 is 0 Å². The number of halogens is 6. The maximum absolute atomic E-state index is 13.1. The zero-order chi connectivity index (χ0) is 18.3. The first-order valence-electron chi connectivity index (χ1n) is 6.99. The summed E-state index contributed by atoms with van der Waals surface area (Å²) in [7, 11) is 0. The topological polar surface area (TPSA) is 26.3 Å². The molecule has 0 unspecified atom stereocenters. The van der Waals surface area contributed by atoms with Crippen LogP contribution in [0.25, 0.3) is 0 Å². The number of ether oxygens (including phenoxy) is 1. The number of rotatable bonds is 4. The fourth-order valence-corrected chi connectivity index (χ4v) is 2.95. The van der Waals surface area contributed by atoms with E-state index in [-0.39, 0.29) is 6.61 Å². The number of hydrogen-bond donors (Lipinski definition) is 0. The number of esters is 1. The van der Waals surface area contributed by atoms with Gasteiger partial charge in [0.1, 0.15) is 6.61 Å². The van der Waals surface area contributed by atoms with E-state index in [1.807, 2.05) is 0 Å². The predicted molar refractivity (Wildman–Crippen MR) is 82.3 cm³/mol. The minimum atomic E-state index is -5.05. The highest BCUT2D eigenvalue weighted by atomic mass is 35.5. The van der Waals surface area contributed by atoms with Gasteiger partial charge >= 0.3 is 12.1 Å². The van der Waals surface area contributed by atoms with Crippen LogP contribution in [0.4, 0.5) is 17.6 Å². The van der Waals surface area contributed by atoms with Gasteiger partial charge in [0.2, 0.25) is 0 Å². The van der Waals surface area contributed by atoms with Gasteiger partial charge in [0.15, 0.2) is 5.83 Å². The van der Waals surface area contributed by atoms with Crippen molar-refractivity contribution in [2.75, 3.05) is 0 Å². The number of carbonyl (C=O) groups excluding carboxylic acids is 1. The summed E-state index contributed by atoms with van der Waals surface area (Å²) in [4.78, 5) is 12.1. The zero-order valence-electron chi connectivity index (χ0n) is 12.8. The van der Waals surface area contributed by atoms with Crippen LogP contribution in [-0.2, 0) is 16.1 Å². The lowest BCUT2D eigenvalue weighted by Gasteiger charge is -2.07. The number of allylic oxidation sites excluding steroid dienone is 2. The van der Waals surface area contributed by atoms with Crippen LogP contribution in [0.2, 0.25) is 10.0 Å². The molecule has 1 fully saturated rings. The SMILES string of the molecule is CC1(C)[C@@H](/C=C(\F)C(F)(F)F)[C@@H]1C(=O)OCc1cc(Cl)ccc1Cl. The van der Waals surface area contributed by atoms with Crippen LogP contribution in [0.5, 0.6) is 0 Å². The maximum Gasteiger partial charge on any atom is 0.442 e. The Morgan fingerprint density at radius 1 is 1.33 bits per heavy atom. The van der Waals surface area contributed by atoms with E-state index < -0.39 is 35.2 Å². The molecule has 1 aromatic carbocycles. The van der Waals surface area contributed by atoms with E-state index in [0.29, 0.717) is 21.7 Å². The number of benzene rings is 1. The predicted octanol–water partition coefficient (Wildman–Crippen LogP) is 5.72. The Hall–Kier alpha value is -1.27. The third-order valence-electron chi connectivity index (χ3n) is 4.14. The van der Waals surface area contributed by atoms with Gasteiger partial charge in [-0.2, -0.15) is 13.2 Å². The Bertz CT molecular complexity index is 683. The summed E-state index contributed by atoms with van der Waals surface area (Å²) in [5.41, 5.74) is -0.331. The maximum atomic E-state index is 13.1. The normalized spacial score (nSPS) is 23.1. The molecule has 8 heteroatoms. The fourth-order valence-electron chi connectivity index (χ4n) is 2.58. The number of alkyl halides is 3. The van der Waals surface area contributed by atoms with E-state index in [1.165, 1.54) is 6.07 Å². The van der Waals surface area contributed by atoms with Crippen molar-refractivity contribution in [2.45, 2.75) is 26.6 Å². The zero-order valence-corrected chi connectivity index (χ0v) is 14.3. The molecule has 0 amide bonds. The lowest BCUT2D eigenvalue weighted by atomic mass is 10.1. The Kier molecular flexibility index (Phi) is 5.21. The van der Waals surface area contributed by atoms with Crippen LogP contribution in [0, 0.1) is 17.3 Å². The first kappa shape index (κ1) is 19.1. The molecule has 2 rings (SSSR count). The second kappa shape index (κ2) is 6.56. The molecule has 0 aliphatic heterocycles. The van der Waals surface area contributed by atoms with Gasteiger partial charge in [-0.1, -0.05) is 37.0 Å². The van der Waals surface area contributed by atoms with Gasteiger partial charge in [0.05, 0.1) is 5.92 Å². The monoisotopic (exact) mass is 384 g/mol. The fraction of sp³-hybridized carbons (Fsp3) is 0.438. The van der Waals surface area contributed by atoms with Crippen LogP contribution in [0.1, 0.15) is 19.4 Å². The molecular weight excluding hydrogens is 371 g/mol. The molecule has 2 nitrogen and oxygen atoms in total. The highest BCUT2D eigenvalue weighted by molar-refractivity contribution is 6.33. The largest absolute Gasteiger partial charge is 0.461 e. The molecule has 1 saturated carbocycles. The summed E-state index contributed by atoms with van der Waals surface area (Å²) in [6, 6.07) is 4.63. The Morgan fingerprint density at radius 2 is 1.96 bits per heavy atom. The molecule has 2 atom stereocenters. The Balaban J connectivity index is 2.04. The van der Waals surface area contributed by atoms with Crippen molar-refractivity contribution in [1.82, 2.24) is 0 Å². The van der Waals surface area contributed by atoms with Crippen molar-refractivity contribution in [3.05, 3.63) is 45.7 Å². The van der Waals surface area contributed by atoms with Crippen molar-refractivity contribution >= 4 is 29.2 Å². The van der Waals surface area contributed by atoms with E-state index in [2.05, 4.69) is 0 Å². The average molecular weight is 385 g/mol. The van der Waals surface area contributed by atoms with Crippen molar-refractivity contribution in [3.63, 3.8) is 0 Å². The summed E-state index contributed by atoms with van der Waals surface area (Å²) in [5.74, 6) is -4.62. The molecule has 0 radical (unpaired) electrons. The van der Waals surface area contributed by atoms with Gasteiger partial charge in [-0.15, -0.1) is 0 Å². The first-order valence-corrected chi connectivity index (χ1v) is 7.75. The van der Waals surface area contributed by atoms with Gasteiger partial charge in [-0.05, 0) is 35.6 Å². The molecule has 0 N–H and O–H groups in total. The lowest BCUT2D eigenvalue weighted by molar-refractivity contribution is -0.147.